The first-order valence-electron chi connectivity index (χ1n) is 5.99. The minimum atomic E-state index is -4.26. The number of alkyl halides is 3. The van der Waals surface area contributed by atoms with Gasteiger partial charge in [-0.05, 0) is 30.5 Å². The van der Waals surface area contributed by atoms with Gasteiger partial charge in [0.25, 0.3) is 0 Å². The third-order valence-corrected chi connectivity index (χ3v) is 2.90. The summed E-state index contributed by atoms with van der Waals surface area (Å²) in [7, 11) is 0. The van der Waals surface area contributed by atoms with E-state index in [4.69, 9.17) is 0 Å². The highest BCUT2D eigenvalue weighted by atomic mass is 19.4. The van der Waals surface area contributed by atoms with Gasteiger partial charge in [0.1, 0.15) is 0 Å². The van der Waals surface area contributed by atoms with Crippen molar-refractivity contribution in [2.24, 2.45) is 4.99 Å². The summed E-state index contributed by atoms with van der Waals surface area (Å²) in [5.41, 5.74) is 0.220. The number of hydrogen-bond acceptors (Lipinski definition) is 2. The molecule has 1 aliphatic rings. The lowest BCUT2D eigenvalue weighted by atomic mass is 10.1. The third-order valence-electron chi connectivity index (χ3n) is 2.90. The van der Waals surface area contributed by atoms with Gasteiger partial charge in [-0.15, -0.1) is 0 Å². The van der Waals surface area contributed by atoms with Crippen molar-refractivity contribution in [1.29, 1.82) is 0 Å². The molecule has 1 aromatic carbocycles. The zero-order valence-corrected chi connectivity index (χ0v) is 9.93. The Morgan fingerprint density at radius 1 is 1.11 bits per heavy atom. The van der Waals surface area contributed by atoms with E-state index in [0.717, 1.165) is 49.3 Å². The molecule has 0 spiro atoms. The molecule has 0 aliphatic carbocycles. The Morgan fingerprint density at radius 3 is 2.39 bits per heavy atom. The molecule has 2 rings (SSSR count). The first kappa shape index (κ1) is 12.9. The lowest BCUT2D eigenvalue weighted by molar-refractivity contribution is -0.137. The van der Waals surface area contributed by atoms with E-state index in [2.05, 4.69) is 10.3 Å². The first-order valence-corrected chi connectivity index (χ1v) is 5.99. The first-order chi connectivity index (χ1) is 8.55. The molecular weight excluding hydrogens is 241 g/mol. The maximum atomic E-state index is 12.4. The van der Waals surface area contributed by atoms with E-state index >= 15 is 0 Å². The van der Waals surface area contributed by atoms with Gasteiger partial charge in [0, 0.05) is 19.5 Å². The molecule has 0 bridgehead atoms. The largest absolute Gasteiger partial charge is 0.416 e. The second-order valence-electron chi connectivity index (χ2n) is 4.33. The Morgan fingerprint density at radius 2 is 1.83 bits per heavy atom. The molecule has 0 saturated carbocycles. The number of amidine groups is 1. The molecule has 0 atom stereocenters. The molecular formula is C13H15F3N2. The topological polar surface area (TPSA) is 24.4 Å². The Kier molecular flexibility index (Phi) is 3.89. The number of benzene rings is 1. The smallest absolute Gasteiger partial charge is 0.370 e. The van der Waals surface area contributed by atoms with Crippen LogP contribution in [0.2, 0.25) is 0 Å². The van der Waals surface area contributed by atoms with Crippen LogP contribution in [0.1, 0.15) is 30.4 Å². The summed E-state index contributed by atoms with van der Waals surface area (Å²) in [5, 5.41) is 3.16. The fraction of sp³-hybridized carbons (Fsp3) is 0.462. The van der Waals surface area contributed by atoms with Crippen LogP contribution in [-0.4, -0.2) is 12.4 Å². The van der Waals surface area contributed by atoms with Crippen LogP contribution in [-0.2, 0) is 12.7 Å². The average molecular weight is 256 g/mol. The molecule has 5 heteroatoms. The number of hydrogen-bond donors (Lipinski definition) is 1. The summed E-state index contributed by atoms with van der Waals surface area (Å²) in [5.74, 6) is 0.959. The summed E-state index contributed by atoms with van der Waals surface area (Å²) in [6.07, 6.45) is -1.09. The monoisotopic (exact) mass is 256 g/mol. The van der Waals surface area contributed by atoms with Gasteiger partial charge in [0.15, 0.2) is 0 Å². The molecule has 1 N–H and O–H groups in total. The standard InChI is InChI=1S/C13H15F3N2/c14-13(15,16)11-6-4-10(5-7-11)9-18-12-3-1-2-8-17-12/h4-7H,1-3,8-9H2,(H,17,18). The molecule has 0 unspecified atom stereocenters. The van der Waals surface area contributed by atoms with Crippen LogP contribution in [0.5, 0.6) is 0 Å². The van der Waals surface area contributed by atoms with Crippen LogP contribution < -0.4 is 5.32 Å². The minimum Gasteiger partial charge on any atom is -0.370 e. The molecule has 1 aromatic rings. The van der Waals surface area contributed by atoms with E-state index in [1.165, 1.54) is 12.1 Å². The van der Waals surface area contributed by atoms with Crippen molar-refractivity contribution >= 4 is 5.84 Å². The predicted octanol–water partition coefficient (Wildman–Crippen LogP) is 3.38. The van der Waals surface area contributed by atoms with E-state index < -0.39 is 11.7 Å². The van der Waals surface area contributed by atoms with Crippen LogP contribution in [0.3, 0.4) is 0 Å². The maximum Gasteiger partial charge on any atom is 0.416 e. The maximum absolute atomic E-state index is 12.4. The molecule has 1 heterocycles. The molecule has 1 aliphatic heterocycles. The molecule has 0 radical (unpaired) electrons. The summed E-state index contributed by atoms with van der Waals surface area (Å²) < 4.78 is 37.1. The van der Waals surface area contributed by atoms with Gasteiger partial charge in [0.2, 0.25) is 0 Å². The Balaban J connectivity index is 1.92. The van der Waals surface area contributed by atoms with Crippen LogP contribution in [0.15, 0.2) is 29.3 Å². The van der Waals surface area contributed by atoms with Gasteiger partial charge in [-0.2, -0.15) is 13.2 Å². The molecule has 0 aromatic heterocycles. The fourth-order valence-corrected chi connectivity index (χ4v) is 1.86. The fourth-order valence-electron chi connectivity index (χ4n) is 1.86. The number of rotatable bonds is 2. The van der Waals surface area contributed by atoms with E-state index in [-0.39, 0.29) is 0 Å². The summed E-state index contributed by atoms with van der Waals surface area (Å²) >= 11 is 0. The SMILES string of the molecule is FC(F)(F)c1ccc(CNC2=NCCCC2)cc1. The van der Waals surface area contributed by atoms with Gasteiger partial charge < -0.3 is 5.32 Å². The second-order valence-corrected chi connectivity index (χ2v) is 4.33. The van der Waals surface area contributed by atoms with Crippen molar-refractivity contribution in [2.45, 2.75) is 32.0 Å². The molecule has 98 valence electrons. The number of halogens is 3. The van der Waals surface area contributed by atoms with Crippen molar-refractivity contribution in [3.05, 3.63) is 35.4 Å². The van der Waals surface area contributed by atoms with Gasteiger partial charge >= 0.3 is 6.18 Å². The van der Waals surface area contributed by atoms with Gasteiger partial charge in [0.05, 0.1) is 11.4 Å². The van der Waals surface area contributed by atoms with Gasteiger partial charge in [-0.3, -0.25) is 4.99 Å². The van der Waals surface area contributed by atoms with Crippen LogP contribution in [0.4, 0.5) is 13.2 Å². The van der Waals surface area contributed by atoms with Crippen molar-refractivity contribution in [3.8, 4) is 0 Å². The Labute approximate surface area is 104 Å². The van der Waals surface area contributed by atoms with Crippen molar-refractivity contribution in [2.75, 3.05) is 6.54 Å². The molecule has 0 fully saturated rings. The second kappa shape index (κ2) is 5.42. The number of nitrogens with one attached hydrogen (secondary N) is 1. The van der Waals surface area contributed by atoms with E-state index in [0.29, 0.717) is 6.54 Å². The highest BCUT2D eigenvalue weighted by Gasteiger charge is 2.29. The lowest BCUT2D eigenvalue weighted by Crippen LogP contribution is -2.25. The van der Waals surface area contributed by atoms with Crippen molar-refractivity contribution < 1.29 is 13.2 Å². The molecule has 18 heavy (non-hydrogen) atoms. The summed E-state index contributed by atoms with van der Waals surface area (Å²) in [4.78, 5) is 4.33. The molecule has 0 saturated heterocycles. The zero-order chi connectivity index (χ0) is 13.0. The predicted molar refractivity (Wildman–Crippen MR) is 64.4 cm³/mol. The van der Waals surface area contributed by atoms with Crippen LogP contribution in [0, 0.1) is 0 Å². The van der Waals surface area contributed by atoms with Gasteiger partial charge in [-0.25, -0.2) is 0 Å². The Bertz CT molecular complexity index is 421. The Hall–Kier alpha value is -1.52. The summed E-state index contributed by atoms with van der Waals surface area (Å²) in [6, 6.07) is 5.22. The molecule has 2 nitrogen and oxygen atoms in total. The molecule has 0 amide bonds. The van der Waals surface area contributed by atoms with Crippen LogP contribution in [0.25, 0.3) is 0 Å². The van der Waals surface area contributed by atoms with Crippen LogP contribution >= 0.6 is 0 Å². The average Bonchev–Trinajstić information content (AvgIpc) is 2.37. The number of nitrogens with zero attached hydrogens (tertiary/aromatic N) is 1. The normalized spacial score (nSPS) is 16.3. The zero-order valence-electron chi connectivity index (χ0n) is 9.93. The van der Waals surface area contributed by atoms with E-state index in [9.17, 15) is 13.2 Å². The van der Waals surface area contributed by atoms with E-state index in [1.807, 2.05) is 0 Å². The van der Waals surface area contributed by atoms with Crippen molar-refractivity contribution in [1.82, 2.24) is 5.32 Å². The quantitative estimate of drug-likeness (QED) is 0.862. The minimum absolute atomic E-state index is 0.525. The lowest BCUT2D eigenvalue weighted by Gasteiger charge is -2.14. The van der Waals surface area contributed by atoms with E-state index in [1.54, 1.807) is 0 Å². The van der Waals surface area contributed by atoms with Crippen molar-refractivity contribution in [3.63, 3.8) is 0 Å². The number of aliphatic imine (C=N–C) groups is 1. The summed E-state index contributed by atoms with van der Waals surface area (Å²) in [6.45, 7) is 1.37. The third kappa shape index (κ3) is 3.48. The highest BCUT2D eigenvalue weighted by molar-refractivity contribution is 5.82. The highest BCUT2D eigenvalue weighted by Crippen LogP contribution is 2.29. The van der Waals surface area contributed by atoms with Gasteiger partial charge in [-0.1, -0.05) is 12.1 Å².